The molecule has 0 aliphatic carbocycles. The quantitative estimate of drug-likeness (QED) is 0.936. The molecule has 0 bridgehead atoms. The van der Waals surface area contributed by atoms with Gasteiger partial charge < -0.3 is 10.2 Å². The van der Waals surface area contributed by atoms with Crippen molar-refractivity contribution < 1.29 is 4.79 Å². The van der Waals surface area contributed by atoms with Crippen molar-refractivity contribution in [2.45, 2.75) is 25.6 Å². The Bertz CT molecular complexity index is 624. The molecule has 1 aliphatic rings. The lowest BCUT2D eigenvalue weighted by Gasteiger charge is -2.24. The normalized spacial score (nSPS) is 18.2. The Kier molecular flexibility index (Phi) is 4.02. The van der Waals surface area contributed by atoms with Gasteiger partial charge in [-0.25, -0.2) is 0 Å². The van der Waals surface area contributed by atoms with Gasteiger partial charge in [0.1, 0.15) is 0 Å². The van der Waals surface area contributed by atoms with E-state index in [2.05, 4.69) is 29.6 Å². The molecule has 3 heteroatoms. The largest absolute Gasteiger partial charge is 0.333 e. The summed E-state index contributed by atoms with van der Waals surface area (Å²) in [5, 5.41) is 3.16. The van der Waals surface area contributed by atoms with Crippen molar-refractivity contribution in [1.82, 2.24) is 10.2 Å². The van der Waals surface area contributed by atoms with Crippen LogP contribution in [0.5, 0.6) is 0 Å². The number of rotatable bonds is 3. The maximum absolute atomic E-state index is 12.7. The first-order valence-corrected chi connectivity index (χ1v) is 7.34. The zero-order valence-electron chi connectivity index (χ0n) is 12.3. The Balaban J connectivity index is 1.90. The second-order valence-corrected chi connectivity index (χ2v) is 5.49. The Labute approximate surface area is 125 Å². The Morgan fingerprint density at radius 3 is 2.43 bits per heavy atom. The number of nitrogens with one attached hydrogen (secondary N) is 1. The number of amides is 1. The minimum atomic E-state index is -0.141. The number of likely N-dealkylation sites (N-methyl/N-ethyl adjacent to an activating group) is 1. The SMILES string of the molecule is CNC1Cc2ccccc2CN(Cc2ccccc2)C1=O. The van der Waals surface area contributed by atoms with Gasteiger partial charge in [-0.1, -0.05) is 54.6 Å². The van der Waals surface area contributed by atoms with E-state index in [1.165, 1.54) is 16.7 Å². The average molecular weight is 280 g/mol. The molecule has 21 heavy (non-hydrogen) atoms. The van der Waals surface area contributed by atoms with Gasteiger partial charge in [0.2, 0.25) is 5.91 Å². The molecule has 108 valence electrons. The summed E-state index contributed by atoms with van der Waals surface area (Å²) in [5.41, 5.74) is 3.68. The van der Waals surface area contributed by atoms with Crippen LogP contribution in [0.1, 0.15) is 16.7 Å². The number of hydrogen-bond acceptors (Lipinski definition) is 2. The van der Waals surface area contributed by atoms with E-state index in [1.807, 2.05) is 42.3 Å². The topological polar surface area (TPSA) is 32.3 Å². The molecule has 0 radical (unpaired) electrons. The van der Waals surface area contributed by atoms with Gasteiger partial charge >= 0.3 is 0 Å². The molecule has 1 aliphatic heterocycles. The van der Waals surface area contributed by atoms with Gasteiger partial charge in [-0.05, 0) is 30.2 Å². The van der Waals surface area contributed by atoms with E-state index in [0.29, 0.717) is 13.1 Å². The van der Waals surface area contributed by atoms with Gasteiger partial charge in [0.15, 0.2) is 0 Å². The molecule has 0 spiro atoms. The van der Waals surface area contributed by atoms with Crippen molar-refractivity contribution in [1.29, 1.82) is 0 Å². The number of carbonyl (C=O) groups excluding carboxylic acids is 1. The van der Waals surface area contributed by atoms with Gasteiger partial charge in [0.25, 0.3) is 0 Å². The highest BCUT2D eigenvalue weighted by Gasteiger charge is 2.28. The van der Waals surface area contributed by atoms with Crippen molar-refractivity contribution in [3.05, 3.63) is 71.3 Å². The van der Waals surface area contributed by atoms with Crippen LogP contribution in [-0.2, 0) is 24.3 Å². The average Bonchev–Trinajstić information content (AvgIpc) is 2.66. The second-order valence-electron chi connectivity index (χ2n) is 5.49. The van der Waals surface area contributed by atoms with E-state index in [-0.39, 0.29) is 11.9 Å². The summed E-state index contributed by atoms with van der Waals surface area (Å²) >= 11 is 0. The summed E-state index contributed by atoms with van der Waals surface area (Å²) in [6, 6.07) is 18.4. The van der Waals surface area contributed by atoms with Gasteiger partial charge in [0.05, 0.1) is 6.04 Å². The molecule has 2 aromatic carbocycles. The van der Waals surface area contributed by atoms with E-state index < -0.39 is 0 Å². The zero-order chi connectivity index (χ0) is 14.7. The summed E-state index contributed by atoms with van der Waals surface area (Å²) in [6.07, 6.45) is 0.761. The van der Waals surface area contributed by atoms with Crippen molar-refractivity contribution in [2.75, 3.05) is 7.05 Å². The van der Waals surface area contributed by atoms with Crippen LogP contribution < -0.4 is 5.32 Å². The third-order valence-corrected chi connectivity index (χ3v) is 4.08. The minimum absolute atomic E-state index is 0.141. The van der Waals surface area contributed by atoms with Crippen molar-refractivity contribution in [3.63, 3.8) is 0 Å². The number of fused-ring (bicyclic) bond motifs is 1. The summed E-state index contributed by atoms with van der Waals surface area (Å²) in [4.78, 5) is 14.7. The third kappa shape index (κ3) is 2.98. The van der Waals surface area contributed by atoms with Crippen molar-refractivity contribution >= 4 is 5.91 Å². The minimum Gasteiger partial charge on any atom is -0.333 e. The molecule has 1 heterocycles. The van der Waals surface area contributed by atoms with Gasteiger partial charge in [-0.15, -0.1) is 0 Å². The maximum atomic E-state index is 12.7. The first kappa shape index (κ1) is 13.8. The Hall–Kier alpha value is -2.13. The van der Waals surface area contributed by atoms with Gasteiger partial charge in [-0.2, -0.15) is 0 Å². The number of carbonyl (C=O) groups is 1. The summed E-state index contributed by atoms with van der Waals surface area (Å²) in [6.45, 7) is 1.34. The fourth-order valence-corrected chi connectivity index (χ4v) is 2.89. The lowest BCUT2D eigenvalue weighted by Crippen LogP contribution is -2.44. The van der Waals surface area contributed by atoms with Crippen LogP contribution in [-0.4, -0.2) is 23.9 Å². The lowest BCUT2D eigenvalue weighted by atomic mass is 10.0. The predicted octanol–water partition coefficient (Wildman–Crippen LogP) is 2.36. The van der Waals surface area contributed by atoms with Crippen LogP contribution in [0.15, 0.2) is 54.6 Å². The Morgan fingerprint density at radius 2 is 1.71 bits per heavy atom. The number of benzene rings is 2. The number of hydrogen-bond donors (Lipinski definition) is 1. The highest BCUT2D eigenvalue weighted by atomic mass is 16.2. The maximum Gasteiger partial charge on any atom is 0.240 e. The second kappa shape index (κ2) is 6.10. The molecule has 1 unspecified atom stereocenters. The number of nitrogens with zero attached hydrogens (tertiary/aromatic N) is 1. The van der Waals surface area contributed by atoms with E-state index in [0.717, 1.165) is 6.42 Å². The monoisotopic (exact) mass is 280 g/mol. The molecular weight excluding hydrogens is 260 g/mol. The zero-order valence-corrected chi connectivity index (χ0v) is 12.3. The molecule has 3 nitrogen and oxygen atoms in total. The van der Waals surface area contributed by atoms with Crippen molar-refractivity contribution in [2.24, 2.45) is 0 Å². The van der Waals surface area contributed by atoms with E-state index in [9.17, 15) is 4.79 Å². The highest BCUT2D eigenvalue weighted by Crippen LogP contribution is 2.21. The van der Waals surface area contributed by atoms with Crippen molar-refractivity contribution in [3.8, 4) is 0 Å². The van der Waals surface area contributed by atoms with Gasteiger partial charge in [-0.3, -0.25) is 4.79 Å². The molecule has 1 atom stereocenters. The first-order valence-electron chi connectivity index (χ1n) is 7.34. The van der Waals surface area contributed by atoms with Crippen LogP contribution in [0.2, 0.25) is 0 Å². The van der Waals surface area contributed by atoms with Crippen LogP contribution in [0, 0.1) is 0 Å². The fraction of sp³-hybridized carbons (Fsp3) is 0.278. The smallest absolute Gasteiger partial charge is 0.240 e. The van der Waals surface area contributed by atoms with Crippen LogP contribution in [0.25, 0.3) is 0 Å². The molecule has 2 aromatic rings. The van der Waals surface area contributed by atoms with E-state index >= 15 is 0 Å². The van der Waals surface area contributed by atoms with Gasteiger partial charge in [0, 0.05) is 13.1 Å². The standard InChI is InChI=1S/C18H20N2O/c1-19-17-11-15-9-5-6-10-16(15)13-20(18(17)21)12-14-7-3-2-4-8-14/h2-10,17,19H,11-13H2,1H3. The van der Waals surface area contributed by atoms with E-state index in [4.69, 9.17) is 0 Å². The molecule has 1 amide bonds. The lowest BCUT2D eigenvalue weighted by molar-refractivity contribution is -0.134. The molecule has 0 saturated heterocycles. The summed E-state index contributed by atoms with van der Waals surface area (Å²) in [5.74, 6) is 0.178. The summed E-state index contributed by atoms with van der Waals surface area (Å²) in [7, 11) is 1.86. The highest BCUT2D eigenvalue weighted by molar-refractivity contribution is 5.83. The van der Waals surface area contributed by atoms with Crippen LogP contribution >= 0.6 is 0 Å². The fourth-order valence-electron chi connectivity index (χ4n) is 2.89. The van der Waals surface area contributed by atoms with E-state index in [1.54, 1.807) is 0 Å². The molecule has 1 N–H and O–H groups in total. The predicted molar refractivity (Wildman–Crippen MR) is 83.7 cm³/mol. The molecular formula is C18H20N2O. The van der Waals surface area contributed by atoms with Crippen LogP contribution in [0.4, 0.5) is 0 Å². The summed E-state index contributed by atoms with van der Waals surface area (Å²) < 4.78 is 0. The molecule has 0 fully saturated rings. The third-order valence-electron chi connectivity index (χ3n) is 4.08. The molecule has 0 saturated carbocycles. The molecule has 3 rings (SSSR count). The first-order chi connectivity index (χ1) is 10.3. The van der Waals surface area contributed by atoms with Crippen LogP contribution in [0.3, 0.4) is 0 Å². The Morgan fingerprint density at radius 1 is 1.05 bits per heavy atom. The molecule has 0 aromatic heterocycles.